The monoisotopic (exact) mass is 332 g/mol. The summed E-state index contributed by atoms with van der Waals surface area (Å²) in [5.74, 6) is 2.33. The Labute approximate surface area is 144 Å². The van der Waals surface area contributed by atoms with Crippen molar-refractivity contribution in [2.45, 2.75) is 6.54 Å². The Morgan fingerprint density at radius 1 is 1.04 bits per heavy atom. The van der Waals surface area contributed by atoms with Crippen LogP contribution >= 0.6 is 0 Å². The molecule has 0 radical (unpaired) electrons. The van der Waals surface area contributed by atoms with Gasteiger partial charge in [-0.05, 0) is 24.3 Å². The van der Waals surface area contributed by atoms with Crippen molar-refractivity contribution in [2.75, 3.05) is 12.4 Å². The number of benzene rings is 1. The van der Waals surface area contributed by atoms with Gasteiger partial charge in [0, 0.05) is 35.1 Å². The number of para-hydroxylation sites is 1. The molecule has 4 aromatic rings. The van der Waals surface area contributed by atoms with E-state index >= 15 is 0 Å². The van der Waals surface area contributed by atoms with Crippen LogP contribution in [0.3, 0.4) is 0 Å². The molecule has 6 heteroatoms. The molecule has 124 valence electrons. The van der Waals surface area contributed by atoms with Crippen LogP contribution in [0.4, 0.5) is 5.82 Å². The van der Waals surface area contributed by atoms with Crippen molar-refractivity contribution in [3.05, 3.63) is 67.1 Å². The molecule has 25 heavy (non-hydrogen) atoms. The van der Waals surface area contributed by atoms with Gasteiger partial charge in [0.05, 0.1) is 13.7 Å². The smallest absolute Gasteiger partial charge is 0.176 e. The molecule has 1 aromatic carbocycles. The number of rotatable bonds is 5. The number of hydrogen-bond acceptors (Lipinski definition) is 6. The number of methoxy groups -OCH3 is 1. The third-order valence-electron chi connectivity index (χ3n) is 3.88. The normalized spacial score (nSPS) is 10.8. The summed E-state index contributed by atoms with van der Waals surface area (Å²) in [6.07, 6.45) is 6.83. The number of ether oxygens (including phenoxy) is 1. The van der Waals surface area contributed by atoms with Gasteiger partial charge >= 0.3 is 0 Å². The number of nitrogens with one attached hydrogen (secondary N) is 1. The van der Waals surface area contributed by atoms with E-state index in [0.717, 1.165) is 39.4 Å². The Kier molecular flexibility index (Phi) is 4.00. The summed E-state index contributed by atoms with van der Waals surface area (Å²) in [7, 11) is 1.64. The molecule has 6 nitrogen and oxygen atoms in total. The van der Waals surface area contributed by atoms with Crippen molar-refractivity contribution < 1.29 is 9.15 Å². The van der Waals surface area contributed by atoms with Gasteiger partial charge in [-0.3, -0.25) is 0 Å². The van der Waals surface area contributed by atoms with Gasteiger partial charge in [-0.25, -0.2) is 15.0 Å². The van der Waals surface area contributed by atoms with Crippen molar-refractivity contribution in [2.24, 2.45) is 0 Å². The number of fused-ring (bicyclic) bond motifs is 1. The fraction of sp³-hybridized carbons (Fsp3) is 0.105. The molecule has 3 heterocycles. The molecule has 0 aliphatic carbocycles. The molecule has 0 aliphatic heterocycles. The second-order valence-corrected chi connectivity index (χ2v) is 5.50. The van der Waals surface area contributed by atoms with Crippen molar-refractivity contribution in [1.29, 1.82) is 0 Å². The molecule has 0 amide bonds. The molecule has 0 saturated heterocycles. The summed E-state index contributed by atoms with van der Waals surface area (Å²) in [4.78, 5) is 12.5. The minimum Gasteiger partial charge on any atom is -0.493 e. The first kappa shape index (κ1) is 15.1. The van der Waals surface area contributed by atoms with Crippen LogP contribution in [0.2, 0.25) is 0 Å². The average Bonchev–Trinajstić information content (AvgIpc) is 3.10. The summed E-state index contributed by atoms with van der Waals surface area (Å²) >= 11 is 0. The Balaban J connectivity index is 1.48. The lowest BCUT2D eigenvalue weighted by molar-refractivity contribution is 0.408. The van der Waals surface area contributed by atoms with E-state index in [1.807, 2.05) is 36.4 Å². The minimum absolute atomic E-state index is 0.540. The first-order valence-electron chi connectivity index (χ1n) is 7.84. The summed E-state index contributed by atoms with van der Waals surface area (Å²) < 4.78 is 11.2. The topological polar surface area (TPSA) is 73.1 Å². The van der Waals surface area contributed by atoms with Gasteiger partial charge in [0.1, 0.15) is 17.9 Å². The average molecular weight is 332 g/mol. The lowest BCUT2D eigenvalue weighted by Crippen LogP contribution is -2.00. The molecule has 1 N–H and O–H groups in total. The van der Waals surface area contributed by atoms with Gasteiger partial charge in [0.2, 0.25) is 0 Å². The SMILES string of the molecule is COc1cccc2cc(CNc3ccc(-c4cncnc4)cn3)oc12. The van der Waals surface area contributed by atoms with E-state index in [1.54, 1.807) is 25.7 Å². The molecule has 0 spiro atoms. The van der Waals surface area contributed by atoms with E-state index in [9.17, 15) is 0 Å². The minimum atomic E-state index is 0.540. The molecule has 4 rings (SSSR count). The highest BCUT2D eigenvalue weighted by molar-refractivity contribution is 5.83. The van der Waals surface area contributed by atoms with Gasteiger partial charge in [0.25, 0.3) is 0 Å². The molecular formula is C19H16N4O2. The van der Waals surface area contributed by atoms with Gasteiger partial charge in [-0.15, -0.1) is 0 Å². The Morgan fingerprint density at radius 3 is 2.68 bits per heavy atom. The highest BCUT2D eigenvalue weighted by Crippen LogP contribution is 2.28. The standard InChI is InChI=1S/C19H16N4O2/c1-24-17-4-2-3-13-7-16(25-19(13)17)11-23-18-6-5-14(10-22-18)15-8-20-12-21-9-15/h2-10,12H,11H2,1H3,(H,22,23). The summed E-state index contributed by atoms with van der Waals surface area (Å²) in [5, 5.41) is 4.28. The number of anilines is 1. The zero-order chi connectivity index (χ0) is 17.1. The Hall–Kier alpha value is -3.41. The van der Waals surface area contributed by atoms with Gasteiger partial charge in [-0.2, -0.15) is 0 Å². The zero-order valence-electron chi connectivity index (χ0n) is 13.6. The molecule has 0 fully saturated rings. The Morgan fingerprint density at radius 2 is 1.92 bits per heavy atom. The van der Waals surface area contributed by atoms with E-state index in [1.165, 1.54) is 6.33 Å². The molecule has 0 aliphatic rings. The van der Waals surface area contributed by atoms with Crippen molar-refractivity contribution in [1.82, 2.24) is 15.0 Å². The van der Waals surface area contributed by atoms with E-state index in [4.69, 9.17) is 9.15 Å². The van der Waals surface area contributed by atoms with Crippen LogP contribution in [0.5, 0.6) is 5.75 Å². The second-order valence-electron chi connectivity index (χ2n) is 5.50. The van der Waals surface area contributed by atoms with Crippen molar-refractivity contribution >= 4 is 16.8 Å². The predicted octanol–water partition coefficient (Wildman–Crippen LogP) is 3.91. The molecule has 3 aromatic heterocycles. The highest BCUT2D eigenvalue weighted by Gasteiger charge is 2.08. The van der Waals surface area contributed by atoms with E-state index in [-0.39, 0.29) is 0 Å². The van der Waals surface area contributed by atoms with Gasteiger partial charge in [-0.1, -0.05) is 12.1 Å². The maximum Gasteiger partial charge on any atom is 0.176 e. The summed E-state index contributed by atoms with van der Waals surface area (Å²) in [5.41, 5.74) is 2.67. The van der Waals surface area contributed by atoms with Crippen LogP contribution in [-0.4, -0.2) is 22.1 Å². The van der Waals surface area contributed by atoms with Gasteiger partial charge < -0.3 is 14.5 Å². The van der Waals surface area contributed by atoms with Crippen LogP contribution in [-0.2, 0) is 6.54 Å². The van der Waals surface area contributed by atoms with Gasteiger partial charge in [0.15, 0.2) is 11.3 Å². The van der Waals surface area contributed by atoms with E-state index in [2.05, 4.69) is 20.3 Å². The first-order valence-corrected chi connectivity index (χ1v) is 7.84. The number of nitrogens with zero attached hydrogens (tertiary/aromatic N) is 3. The predicted molar refractivity (Wildman–Crippen MR) is 95.4 cm³/mol. The van der Waals surface area contributed by atoms with Crippen molar-refractivity contribution in [3.63, 3.8) is 0 Å². The molecule has 0 atom stereocenters. The third-order valence-corrected chi connectivity index (χ3v) is 3.88. The number of furan rings is 1. The summed E-state index contributed by atoms with van der Waals surface area (Å²) in [6.45, 7) is 0.540. The fourth-order valence-electron chi connectivity index (χ4n) is 2.63. The molecule has 0 bridgehead atoms. The lowest BCUT2D eigenvalue weighted by Gasteiger charge is -2.05. The zero-order valence-corrected chi connectivity index (χ0v) is 13.6. The van der Waals surface area contributed by atoms with Crippen LogP contribution in [0.1, 0.15) is 5.76 Å². The fourth-order valence-corrected chi connectivity index (χ4v) is 2.63. The largest absolute Gasteiger partial charge is 0.493 e. The maximum atomic E-state index is 5.87. The lowest BCUT2D eigenvalue weighted by atomic mass is 10.1. The number of pyridine rings is 1. The number of hydrogen-bond donors (Lipinski definition) is 1. The third kappa shape index (κ3) is 3.14. The molecular weight excluding hydrogens is 316 g/mol. The van der Waals surface area contributed by atoms with Crippen LogP contribution in [0.15, 0.2) is 65.7 Å². The van der Waals surface area contributed by atoms with E-state index < -0.39 is 0 Å². The Bertz CT molecular complexity index is 981. The summed E-state index contributed by atoms with van der Waals surface area (Å²) in [6, 6.07) is 11.7. The molecule has 0 saturated carbocycles. The first-order chi connectivity index (χ1) is 12.3. The van der Waals surface area contributed by atoms with Crippen LogP contribution in [0, 0.1) is 0 Å². The number of aromatic nitrogens is 3. The quantitative estimate of drug-likeness (QED) is 0.597. The van der Waals surface area contributed by atoms with Crippen LogP contribution < -0.4 is 10.1 Å². The van der Waals surface area contributed by atoms with Crippen LogP contribution in [0.25, 0.3) is 22.1 Å². The van der Waals surface area contributed by atoms with Crippen molar-refractivity contribution in [3.8, 4) is 16.9 Å². The van der Waals surface area contributed by atoms with E-state index in [0.29, 0.717) is 6.54 Å². The molecule has 0 unspecified atom stereocenters. The maximum absolute atomic E-state index is 5.87. The second kappa shape index (κ2) is 6.60. The highest BCUT2D eigenvalue weighted by atomic mass is 16.5.